The molecule has 1 unspecified atom stereocenters. The molecule has 5 heteroatoms. The fourth-order valence-corrected chi connectivity index (χ4v) is 3.31. The van der Waals surface area contributed by atoms with E-state index in [1.807, 2.05) is 6.07 Å². The molecule has 2 aromatic rings. The van der Waals surface area contributed by atoms with Crippen molar-refractivity contribution >= 4 is 27.5 Å². The van der Waals surface area contributed by atoms with E-state index in [-0.39, 0.29) is 0 Å². The highest BCUT2D eigenvalue weighted by atomic mass is 32.1. The third-order valence-electron chi connectivity index (χ3n) is 3.25. The third-order valence-corrected chi connectivity index (χ3v) is 4.53. The van der Waals surface area contributed by atoms with Gasteiger partial charge in [-0.1, -0.05) is 26.0 Å². The molecule has 0 saturated carbocycles. The highest BCUT2D eigenvalue weighted by molar-refractivity contribution is 7.19. The van der Waals surface area contributed by atoms with Crippen LogP contribution in [-0.2, 0) is 6.42 Å². The lowest BCUT2D eigenvalue weighted by atomic mass is 10.0. The second-order valence-electron chi connectivity index (χ2n) is 5.48. The average Bonchev–Trinajstić information content (AvgIpc) is 2.79. The van der Waals surface area contributed by atoms with E-state index in [2.05, 4.69) is 32.0 Å². The summed E-state index contributed by atoms with van der Waals surface area (Å²) in [5, 5.41) is 11.3. The first kappa shape index (κ1) is 14.8. The van der Waals surface area contributed by atoms with Crippen LogP contribution >= 0.6 is 11.3 Å². The molecule has 0 fully saturated rings. The smallest absolute Gasteiger partial charge is 0.339 e. The first-order valence-corrected chi connectivity index (χ1v) is 7.50. The molecule has 0 aliphatic carbocycles. The van der Waals surface area contributed by atoms with Crippen LogP contribution < -0.4 is 5.73 Å². The van der Waals surface area contributed by atoms with E-state index >= 15 is 0 Å². The fourth-order valence-electron chi connectivity index (χ4n) is 2.23. The zero-order chi connectivity index (χ0) is 14.9. The number of carbonyl (C=O) groups is 1. The van der Waals surface area contributed by atoms with Gasteiger partial charge in [0.2, 0.25) is 0 Å². The number of thiophene rings is 1. The standard InChI is InChI=1S/C15H20N2O2S/c1-9(2)6-11-4-5-13-12(7-11)8-14(20-13)10(3)17(19)15(16)18/h4-5,7-10,19H,6H2,1-3H3,(H2,16,18). The number of urea groups is 1. The number of hydrogen-bond acceptors (Lipinski definition) is 3. The van der Waals surface area contributed by atoms with Gasteiger partial charge in [0, 0.05) is 9.58 Å². The maximum absolute atomic E-state index is 11.0. The molecule has 1 heterocycles. The minimum atomic E-state index is -0.838. The van der Waals surface area contributed by atoms with Gasteiger partial charge in [-0.25, -0.2) is 4.79 Å². The molecule has 3 N–H and O–H groups in total. The Morgan fingerprint density at radius 2 is 2.05 bits per heavy atom. The summed E-state index contributed by atoms with van der Waals surface area (Å²) < 4.78 is 1.15. The van der Waals surface area contributed by atoms with E-state index in [0.29, 0.717) is 11.0 Å². The monoisotopic (exact) mass is 292 g/mol. The van der Waals surface area contributed by atoms with Crippen LogP contribution in [-0.4, -0.2) is 16.3 Å². The molecular formula is C15H20N2O2S. The molecule has 0 aliphatic heterocycles. The van der Waals surface area contributed by atoms with Crippen molar-refractivity contribution in [3.63, 3.8) is 0 Å². The van der Waals surface area contributed by atoms with Crippen molar-refractivity contribution in [1.29, 1.82) is 0 Å². The maximum Gasteiger partial charge on any atom is 0.339 e. The number of primary amides is 1. The highest BCUT2D eigenvalue weighted by Crippen LogP contribution is 2.32. The minimum absolute atomic E-state index is 0.432. The molecule has 0 saturated heterocycles. The molecule has 2 amide bonds. The van der Waals surface area contributed by atoms with Gasteiger partial charge in [-0.3, -0.25) is 5.21 Å². The number of hydroxylamine groups is 2. The van der Waals surface area contributed by atoms with Crippen molar-refractivity contribution in [2.45, 2.75) is 33.2 Å². The van der Waals surface area contributed by atoms with E-state index in [9.17, 15) is 10.0 Å². The number of amides is 2. The second kappa shape index (κ2) is 5.81. The molecule has 1 atom stereocenters. The molecule has 0 aliphatic rings. The Kier molecular flexibility index (Phi) is 4.30. The van der Waals surface area contributed by atoms with Gasteiger partial charge in [0.25, 0.3) is 0 Å². The number of hydrogen-bond donors (Lipinski definition) is 2. The predicted octanol–water partition coefficient (Wildman–Crippen LogP) is 3.93. The lowest BCUT2D eigenvalue weighted by Gasteiger charge is -2.18. The Morgan fingerprint density at radius 1 is 1.35 bits per heavy atom. The summed E-state index contributed by atoms with van der Waals surface area (Å²) in [7, 11) is 0. The number of benzene rings is 1. The van der Waals surface area contributed by atoms with E-state index in [4.69, 9.17) is 5.73 Å². The van der Waals surface area contributed by atoms with E-state index in [0.717, 1.165) is 21.4 Å². The Labute approximate surface area is 122 Å². The van der Waals surface area contributed by atoms with Gasteiger partial charge < -0.3 is 5.73 Å². The third kappa shape index (κ3) is 3.11. The largest absolute Gasteiger partial charge is 0.350 e. The van der Waals surface area contributed by atoms with Crippen LogP contribution in [0, 0.1) is 5.92 Å². The van der Waals surface area contributed by atoms with Gasteiger partial charge in [-0.05, 0) is 42.3 Å². The molecule has 0 bridgehead atoms. The van der Waals surface area contributed by atoms with Crippen LogP contribution in [0.15, 0.2) is 24.3 Å². The SMILES string of the molecule is CC(C)Cc1ccc2sc(C(C)N(O)C(N)=O)cc2c1. The summed E-state index contributed by atoms with van der Waals surface area (Å²) in [5.41, 5.74) is 6.39. The summed E-state index contributed by atoms with van der Waals surface area (Å²) >= 11 is 1.57. The van der Waals surface area contributed by atoms with Crippen molar-refractivity contribution in [2.75, 3.05) is 0 Å². The summed E-state index contributed by atoms with van der Waals surface area (Å²) in [4.78, 5) is 11.9. The summed E-state index contributed by atoms with van der Waals surface area (Å²) in [6.45, 7) is 6.15. The van der Waals surface area contributed by atoms with Gasteiger partial charge >= 0.3 is 6.03 Å². The number of nitrogens with two attached hydrogens (primary N) is 1. The minimum Gasteiger partial charge on any atom is -0.350 e. The van der Waals surface area contributed by atoms with Crippen molar-refractivity contribution in [3.05, 3.63) is 34.7 Å². The second-order valence-corrected chi connectivity index (χ2v) is 6.59. The quantitative estimate of drug-likeness (QED) is 0.662. The van der Waals surface area contributed by atoms with E-state index < -0.39 is 12.1 Å². The molecule has 2 rings (SSSR count). The van der Waals surface area contributed by atoms with Crippen LogP contribution in [0.3, 0.4) is 0 Å². The van der Waals surface area contributed by atoms with Crippen molar-refractivity contribution in [1.82, 2.24) is 5.06 Å². The Balaban J connectivity index is 2.31. The van der Waals surface area contributed by atoms with Crippen molar-refractivity contribution < 1.29 is 10.0 Å². The van der Waals surface area contributed by atoms with Gasteiger partial charge in [0.1, 0.15) is 0 Å². The predicted molar refractivity (Wildman–Crippen MR) is 82.0 cm³/mol. The summed E-state index contributed by atoms with van der Waals surface area (Å²) in [6, 6.07) is 7.15. The van der Waals surface area contributed by atoms with Gasteiger partial charge in [0.05, 0.1) is 6.04 Å². The number of rotatable bonds is 4. The van der Waals surface area contributed by atoms with Crippen LogP contribution in [0.2, 0.25) is 0 Å². The average molecular weight is 292 g/mol. The molecule has 108 valence electrons. The number of fused-ring (bicyclic) bond motifs is 1. The van der Waals surface area contributed by atoms with Gasteiger partial charge in [-0.15, -0.1) is 11.3 Å². The van der Waals surface area contributed by atoms with Gasteiger partial charge in [-0.2, -0.15) is 5.06 Å². The first-order valence-electron chi connectivity index (χ1n) is 6.68. The summed E-state index contributed by atoms with van der Waals surface area (Å²) in [6.07, 6.45) is 1.05. The van der Waals surface area contributed by atoms with E-state index in [1.165, 1.54) is 5.56 Å². The van der Waals surface area contributed by atoms with Crippen LogP contribution in [0.4, 0.5) is 4.79 Å². The summed E-state index contributed by atoms with van der Waals surface area (Å²) in [5.74, 6) is 0.618. The highest BCUT2D eigenvalue weighted by Gasteiger charge is 2.19. The molecule has 0 spiro atoms. The molecule has 0 radical (unpaired) electrons. The maximum atomic E-state index is 11.0. The van der Waals surface area contributed by atoms with Crippen LogP contribution in [0.25, 0.3) is 10.1 Å². The lowest BCUT2D eigenvalue weighted by molar-refractivity contribution is -0.0700. The zero-order valence-corrected chi connectivity index (χ0v) is 12.8. The first-order chi connectivity index (χ1) is 9.38. The van der Waals surface area contributed by atoms with Gasteiger partial charge in [0.15, 0.2) is 0 Å². The van der Waals surface area contributed by atoms with Crippen LogP contribution in [0.5, 0.6) is 0 Å². The molecule has 1 aromatic heterocycles. The van der Waals surface area contributed by atoms with E-state index in [1.54, 1.807) is 18.3 Å². The zero-order valence-electron chi connectivity index (χ0n) is 12.0. The topological polar surface area (TPSA) is 66.6 Å². The molecule has 4 nitrogen and oxygen atoms in total. The Hall–Kier alpha value is -1.59. The van der Waals surface area contributed by atoms with Crippen molar-refractivity contribution in [2.24, 2.45) is 11.7 Å². The molecule has 1 aromatic carbocycles. The number of carbonyl (C=O) groups excluding carboxylic acids is 1. The Morgan fingerprint density at radius 3 is 2.65 bits per heavy atom. The lowest BCUT2D eigenvalue weighted by Crippen LogP contribution is -2.34. The van der Waals surface area contributed by atoms with Crippen LogP contribution in [0.1, 0.15) is 37.3 Å². The fraction of sp³-hybridized carbons (Fsp3) is 0.400. The van der Waals surface area contributed by atoms with Crippen molar-refractivity contribution in [3.8, 4) is 0 Å². The molecule has 20 heavy (non-hydrogen) atoms. The molecular weight excluding hydrogens is 272 g/mol. The number of nitrogens with zero attached hydrogens (tertiary/aromatic N) is 1. The normalized spacial score (nSPS) is 12.8. The Bertz CT molecular complexity index is 621.